The second kappa shape index (κ2) is 5.41. The van der Waals surface area contributed by atoms with Gasteiger partial charge in [-0.3, -0.25) is 4.79 Å². The van der Waals surface area contributed by atoms with Crippen molar-refractivity contribution >= 4 is 22.8 Å². The highest BCUT2D eigenvalue weighted by Crippen LogP contribution is 2.41. The second-order valence-electron chi connectivity index (χ2n) is 6.56. The van der Waals surface area contributed by atoms with E-state index in [9.17, 15) is 14.7 Å². The van der Waals surface area contributed by atoms with Gasteiger partial charge < -0.3 is 14.4 Å². The Labute approximate surface area is 133 Å². The molecule has 120 valence electrons. The highest BCUT2D eigenvalue weighted by atomic mass is 16.4. The van der Waals surface area contributed by atoms with Gasteiger partial charge in [0.1, 0.15) is 17.9 Å². The molecule has 3 unspecified atom stereocenters. The maximum atomic E-state index is 13.1. The number of benzene rings is 1. The number of nitrogens with zero attached hydrogens (tertiary/aromatic N) is 1. The quantitative estimate of drug-likeness (QED) is 0.923. The van der Waals surface area contributed by atoms with Crippen LogP contribution in [0.25, 0.3) is 11.0 Å². The first-order chi connectivity index (χ1) is 11.2. The van der Waals surface area contributed by atoms with Crippen molar-refractivity contribution in [3.05, 3.63) is 36.1 Å². The monoisotopic (exact) mass is 313 g/mol. The summed E-state index contributed by atoms with van der Waals surface area (Å²) in [6, 6.07) is 6.70. The molecule has 0 spiro atoms. The van der Waals surface area contributed by atoms with E-state index in [1.165, 1.54) is 6.26 Å². The molecule has 1 amide bonds. The summed E-state index contributed by atoms with van der Waals surface area (Å²) in [5.74, 6) is -0.802. The largest absolute Gasteiger partial charge is 0.480 e. The normalized spacial score (nSPS) is 27.1. The van der Waals surface area contributed by atoms with Crippen LogP contribution < -0.4 is 0 Å². The Morgan fingerprint density at radius 2 is 1.96 bits per heavy atom. The number of aliphatic carboxylic acids is 1. The molecule has 2 heterocycles. The summed E-state index contributed by atoms with van der Waals surface area (Å²) in [6.45, 7) is 0. The van der Waals surface area contributed by atoms with Crippen molar-refractivity contribution in [2.24, 2.45) is 5.92 Å². The van der Waals surface area contributed by atoms with Crippen LogP contribution in [0.4, 0.5) is 0 Å². The summed E-state index contributed by atoms with van der Waals surface area (Å²) >= 11 is 0. The molecule has 1 N–H and O–H groups in total. The number of rotatable bonds is 2. The summed E-state index contributed by atoms with van der Waals surface area (Å²) in [5.41, 5.74) is 1.13. The first-order valence-corrected chi connectivity index (χ1v) is 8.18. The average Bonchev–Trinajstić information content (AvgIpc) is 3.16. The Hall–Kier alpha value is -2.30. The maximum absolute atomic E-state index is 13.1. The van der Waals surface area contributed by atoms with E-state index in [0.717, 1.165) is 31.1 Å². The lowest BCUT2D eigenvalue weighted by Gasteiger charge is -2.32. The number of carboxylic acid groups (broad SMARTS) is 1. The molecule has 23 heavy (non-hydrogen) atoms. The molecule has 5 heteroatoms. The summed E-state index contributed by atoms with van der Waals surface area (Å²) in [5, 5.41) is 10.3. The van der Waals surface area contributed by atoms with Gasteiger partial charge in [-0.05, 0) is 31.2 Å². The molecule has 2 aromatic rings. The number of amides is 1. The minimum Gasteiger partial charge on any atom is -0.480 e. The van der Waals surface area contributed by atoms with Crippen molar-refractivity contribution in [3.63, 3.8) is 0 Å². The van der Waals surface area contributed by atoms with Crippen LogP contribution in [0.3, 0.4) is 0 Å². The zero-order chi connectivity index (χ0) is 16.0. The molecule has 1 saturated heterocycles. The van der Waals surface area contributed by atoms with Crippen LogP contribution in [-0.4, -0.2) is 34.0 Å². The molecular weight excluding hydrogens is 294 g/mol. The van der Waals surface area contributed by atoms with Gasteiger partial charge in [0.05, 0.1) is 5.56 Å². The number of likely N-dealkylation sites (tertiary alicyclic amines) is 1. The predicted molar refractivity (Wildman–Crippen MR) is 84.2 cm³/mol. The number of carbonyl (C=O) groups is 2. The smallest absolute Gasteiger partial charge is 0.326 e. The van der Waals surface area contributed by atoms with Gasteiger partial charge >= 0.3 is 5.97 Å². The van der Waals surface area contributed by atoms with Crippen LogP contribution in [-0.2, 0) is 4.79 Å². The summed E-state index contributed by atoms with van der Waals surface area (Å²) in [6.07, 6.45) is 6.14. The van der Waals surface area contributed by atoms with Crippen LogP contribution in [0.1, 0.15) is 42.5 Å². The Morgan fingerprint density at radius 3 is 2.78 bits per heavy atom. The fraction of sp³-hybridized carbons (Fsp3) is 0.444. The Balaban J connectivity index is 1.74. The van der Waals surface area contributed by atoms with E-state index in [1.54, 1.807) is 4.90 Å². The van der Waals surface area contributed by atoms with Crippen LogP contribution in [0.15, 0.2) is 34.9 Å². The van der Waals surface area contributed by atoms with Gasteiger partial charge in [0, 0.05) is 11.4 Å². The van der Waals surface area contributed by atoms with Crippen molar-refractivity contribution < 1.29 is 19.1 Å². The lowest BCUT2D eigenvalue weighted by atomic mass is 9.84. The van der Waals surface area contributed by atoms with Crippen LogP contribution in [0.2, 0.25) is 0 Å². The molecule has 1 aliphatic carbocycles. The van der Waals surface area contributed by atoms with Gasteiger partial charge in [-0.2, -0.15) is 0 Å². The third-order valence-electron chi connectivity index (χ3n) is 5.32. The number of furan rings is 1. The fourth-order valence-electron chi connectivity index (χ4n) is 4.26. The number of para-hydroxylation sites is 1. The topological polar surface area (TPSA) is 70.8 Å². The lowest BCUT2D eigenvalue weighted by molar-refractivity contribution is -0.141. The number of hydrogen-bond donors (Lipinski definition) is 1. The molecule has 4 rings (SSSR count). The molecule has 2 aliphatic rings. The lowest BCUT2D eigenvalue weighted by Crippen LogP contribution is -2.46. The molecule has 1 saturated carbocycles. The van der Waals surface area contributed by atoms with Crippen LogP contribution in [0.5, 0.6) is 0 Å². The third kappa shape index (κ3) is 2.22. The van der Waals surface area contributed by atoms with E-state index < -0.39 is 12.0 Å². The number of carbonyl (C=O) groups excluding carboxylic acids is 1. The van der Waals surface area contributed by atoms with E-state index in [0.29, 0.717) is 23.5 Å². The molecule has 2 fully saturated rings. The third-order valence-corrected chi connectivity index (χ3v) is 5.32. The first kappa shape index (κ1) is 14.3. The van der Waals surface area contributed by atoms with Gasteiger partial charge in [-0.1, -0.05) is 31.0 Å². The molecule has 1 aromatic heterocycles. The number of carboxylic acids is 1. The second-order valence-corrected chi connectivity index (χ2v) is 6.56. The van der Waals surface area contributed by atoms with E-state index in [1.807, 2.05) is 24.3 Å². The van der Waals surface area contributed by atoms with Crippen LogP contribution in [0, 0.1) is 5.92 Å². The fourth-order valence-corrected chi connectivity index (χ4v) is 4.26. The van der Waals surface area contributed by atoms with Crippen molar-refractivity contribution in [1.82, 2.24) is 4.90 Å². The van der Waals surface area contributed by atoms with E-state index >= 15 is 0 Å². The van der Waals surface area contributed by atoms with Gasteiger partial charge in [0.15, 0.2) is 0 Å². The van der Waals surface area contributed by atoms with Gasteiger partial charge in [0.2, 0.25) is 0 Å². The standard InChI is InChI=1S/C18H19NO4/c20-17(13-10-23-16-8-4-2-6-12(13)16)19-14-7-3-1-5-11(14)9-15(19)18(21)22/h2,4,6,8,10-11,14-15H,1,3,5,7,9H2,(H,21,22). The SMILES string of the molecule is O=C(O)C1CC2CCCCC2N1C(=O)c1coc2ccccc12. The van der Waals surface area contributed by atoms with Gasteiger partial charge in [0.25, 0.3) is 5.91 Å². The number of fused-ring (bicyclic) bond motifs is 2. The minimum atomic E-state index is -0.902. The highest BCUT2D eigenvalue weighted by Gasteiger charge is 2.48. The zero-order valence-corrected chi connectivity index (χ0v) is 12.8. The molecule has 5 nitrogen and oxygen atoms in total. The first-order valence-electron chi connectivity index (χ1n) is 8.18. The minimum absolute atomic E-state index is 0.0472. The van der Waals surface area contributed by atoms with Gasteiger partial charge in [-0.15, -0.1) is 0 Å². The average molecular weight is 313 g/mol. The molecule has 1 aromatic carbocycles. The summed E-state index contributed by atoms with van der Waals surface area (Å²) in [7, 11) is 0. The van der Waals surface area contributed by atoms with Gasteiger partial charge in [-0.25, -0.2) is 4.79 Å². The van der Waals surface area contributed by atoms with Crippen LogP contribution >= 0.6 is 0 Å². The molecule has 1 aliphatic heterocycles. The van der Waals surface area contributed by atoms with E-state index in [-0.39, 0.29) is 11.9 Å². The Bertz CT molecular complexity index is 765. The number of hydrogen-bond acceptors (Lipinski definition) is 3. The van der Waals surface area contributed by atoms with Crippen molar-refractivity contribution in [2.75, 3.05) is 0 Å². The summed E-state index contributed by atoms with van der Waals surface area (Å²) in [4.78, 5) is 26.4. The maximum Gasteiger partial charge on any atom is 0.326 e. The highest BCUT2D eigenvalue weighted by molar-refractivity contribution is 6.07. The molecule has 3 atom stereocenters. The Morgan fingerprint density at radius 1 is 1.17 bits per heavy atom. The molecule has 0 bridgehead atoms. The molecule has 0 radical (unpaired) electrons. The molecular formula is C18H19NO4. The Kier molecular flexibility index (Phi) is 3.36. The zero-order valence-electron chi connectivity index (χ0n) is 12.8. The van der Waals surface area contributed by atoms with Crippen molar-refractivity contribution in [2.45, 2.75) is 44.2 Å². The summed E-state index contributed by atoms with van der Waals surface area (Å²) < 4.78 is 5.47. The van der Waals surface area contributed by atoms with Crippen molar-refractivity contribution in [1.29, 1.82) is 0 Å². The predicted octanol–water partition coefficient (Wildman–Crippen LogP) is 3.29. The van der Waals surface area contributed by atoms with E-state index in [2.05, 4.69) is 0 Å². The van der Waals surface area contributed by atoms with E-state index in [4.69, 9.17) is 4.42 Å². The van der Waals surface area contributed by atoms with Crippen molar-refractivity contribution in [3.8, 4) is 0 Å².